The molecule has 0 saturated heterocycles. The van der Waals surface area contributed by atoms with Crippen LogP contribution in [0.4, 0.5) is 5.69 Å². The number of hydrogen-bond acceptors (Lipinski definition) is 4. The van der Waals surface area contributed by atoms with Crippen molar-refractivity contribution < 1.29 is 9.84 Å². The van der Waals surface area contributed by atoms with Crippen molar-refractivity contribution in [3.05, 3.63) is 72.1 Å². The second-order valence-electron chi connectivity index (χ2n) is 6.61. The SMILES string of the molecule is CCOc1cc(C2Nc3ccccc3-c3ccnc4[nH]cc2c34)ccc1O. The predicted octanol–water partition coefficient (Wildman–Crippen LogP) is 4.85. The van der Waals surface area contributed by atoms with Crippen LogP contribution in [0, 0.1) is 0 Å². The fourth-order valence-corrected chi connectivity index (χ4v) is 3.86. The fourth-order valence-electron chi connectivity index (χ4n) is 3.86. The van der Waals surface area contributed by atoms with Crippen molar-refractivity contribution in [3.63, 3.8) is 0 Å². The van der Waals surface area contributed by atoms with Gasteiger partial charge in [-0.2, -0.15) is 0 Å². The third-order valence-corrected chi connectivity index (χ3v) is 5.05. The van der Waals surface area contributed by atoms with Crippen LogP contribution < -0.4 is 10.1 Å². The first kappa shape index (κ1) is 15.8. The monoisotopic (exact) mass is 357 g/mol. The second-order valence-corrected chi connectivity index (χ2v) is 6.61. The Morgan fingerprint density at radius 2 is 2.00 bits per heavy atom. The van der Waals surface area contributed by atoms with Crippen molar-refractivity contribution in [2.75, 3.05) is 11.9 Å². The first-order chi connectivity index (χ1) is 13.3. The van der Waals surface area contributed by atoms with Gasteiger partial charge in [-0.05, 0) is 42.3 Å². The van der Waals surface area contributed by atoms with Gasteiger partial charge in [0.25, 0.3) is 0 Å². The number of phenols is 1. The molecule has 0 bridgehead atoms. The van der Waals surface area contributed by atoms with Crippen LogP contribution >= 0.6 is 0 Å². The highest BCUT2D eigenvalue weighted by Gasteiger charge is 2.26. The molecule has 5 heteroatoms. The molecule has 5 nitrogen and oxygen atoms in total. The second kappa shape index (κ2) is 6.06. The van der Waals surface area contributed by atoms with E-state index in [0.29, 0.717) is 12.4 Å². The third-order valence-electron chi connectivity index (χ3n) is 5.05. The zero-order chi connectivity index (χ0) is 18.4. The highest BCUT2D eigenvalue weighted by Crippen LogP contribution is 2.44. The van der Waals surface area contributed by atoms with Crippen LogP contribution in [0.25, 0.3) is 22.2 Å². The molecule has 27 heavy (non-hydrogen) atoms. The number of pyridine rings is 1. The minimum atomic E-state index is -0.0924. The zero-order valence-electron chi connectivity index (χ0n) is 14.9. The van der Waals surface area contributed by atoms with Crippen molar-refractivity contribution >= 4 is 16.7 Å². The molecule has 3 heterocycles. The number of ether oxygens (including phenoxy) is 1. The molecule has 1 atom stereocenters. The van der Waals surface area contributed by atoms with Crippen LogP contribution in [0.5, 0.6) is 11.5 Å². The van der Waals surface area contributed by atoms with Crippen molar-refractivity contribution in [2.24, 2.45) is 0 Å². The van der Waals surface area contributed by atoms with Gasteiger partial charge in [-0.15, -0.1) is 0 Å². The van der Waals surface area contributed by atoms with Crippen LogP contribution in [0.15, 0.2) is 60.9 Å². The predicted molar refractivity (Wildman–Crippen MR) is 106 cm³/mol. The van der Waals surface area contributed by atoms with Gasteiger partial charge in [0.2, 0.25) is 0 Å². The van der Waals surface area contributed by atoms with Gasteiger partial charge < -0.3 is 20.1 Å². The number of aromatic amines is 1. The molecule has 2 aromatic carbocycles. The quantitative estimate of drug-likeness (QED) is 0.490. The first-order valence-corrected chi connectivity index (χ1v) is 9.04. The molecule has 3 N–H and O–H groups in total. The summed E-state index contributed by atoms with van der Waals surface area (Å²) in [6, 6.07) is 15.8. The van der Waals surface area contributed by atoms with Gasteiger partial charge in [0.05, 0.1) is 12.6 Å². The van der Waals surface area contributed by atoms with E-state index < -0.39 is 0 Å². The molecule has 0 amide bonds. The average Bonchev–Trinajstić information content (AvgIpc) is 3.06. The molecule has 4 aromatic rings. The van der Waals surface area contributed by atoms with Gasteiger partial charge in [-0.3, -0.25) is 0 Å². The van der Waals surface area contributed by atoms with Crippen LogP contribution in [0.2, 0.25) is 0 Å². The lowest BCUT2D eigenvalue weighted by atomic mass is 9.97. The molecule has 0 spiro atoms. The number of fused-ring (bicyclic) bond motifs is 2. The summed E-state index contributed by atoms with van der Waals surface area (Å²) in [6.45, 7) is 2.41. The highest BCUT2D eigenvalue weighted by atomic mass is 16.5. The molecule has 1 unspecified atom stereocenters. The topological polar surface area (TPSA) is 70.2 Å². The van der Waals surface area contributed by atoms with Gasteiger partial charge >= 0.3 is 0 Å². The molecule has 0 saturated carbocycles. The number of H-pyrrole nitrogens is 1. The molecule has 5 rings (SSSR count). The smallest absolute Gasteiger partial charge is 0.161 e. The van der Waals surface area contributed by atoms with E-state index in [0.717, 1.165) is 39.0 Å². The summed E-state index contributed by atoms with van der Waals surface area (Å²) in [5.41, 5.74) is 6.39. The number of benzene rings is 2. The van der Waals surface area contributed by atoms with E-state index in [1.165, 1.54) is 0 Å². The van der Waals surface area contributed by atoms with Gasteiger partial charge in [-0.1, -0.05) is 24.3 Å². The normalized spacial score (nSPS) is 15.1. The number of nitrogens with one attached hydrogen (secondary N) is 2. The van der Waals surface area contributed by atoms with Crippen LogP contribution in [0.1, 0.15) is 24.1 Å². The van der Waals surface area contributed by atoms with Gasteiger partial charge in [-0.25, -0.2) is 4.98 Å². The van der Waals surface area contributed by atoms with Crippen molar-refractivity contribution in [3.8, 4) is 22.6 Å². The summed E-state index contributed by atoms with van der Waals surface area (Å²) in [7, 11) is 0. The lowest BCUT2D eigenvalue weighted by Gasteiger charge is -2.20. The van der Waals surface area contributed by atoms with E-state index in [2.05, 4.69) is 33.5 Å². The Bertz CT molecular complexity index is 1150. The molecular weight excluding hydrogens is 338 g/mol. The first-order valence-electron chi connectivity index (χ1n) is 9.04. The average molecular weight is 357 g/mol. The van der Waals surface area contributed by atoms with Crippen LogP contribution in [-0.4, -0.2) is 21.7 Å². The molecule has 134 valence electrons. The third kappa shape index (κ3) is 2.43. The number of rotatable bonds is 3. The standard InChI is InChI=1S/C22H19N3O2/c1-2-27-19-11-13(7-8-18(19)26)21-16-12-24-22-20(16)15(9-10-23-22)14-5-3-4-6-17(14)25-21/h3-12,21,25-26H,2H2,1H3,(H,23,24). The van der Waals surface area contributed by atoms with Crippen LogP contribution in [0.3, 0.4) is 0 Å². The van der Waals surface area contributed by atoms with E-state index in [4.69, 9.17) is 4.74 Å². The van der Waals surface area contributed by atoms with Gasteiger partial charge in [0.15, 0.2) is 11.5 Å². The molecule has 0 radical (unpaired) electrons. The lowest BCUT2D eigenvalue weighted by molar-refractivity contribution is 0.317. The molecule has 1 aliphatic rings. The number of hydrogen-bond donors (Lipinski definition) is 3. The summed E-state index contributed by atoms with van der Waals surface area (Å²) in [6.07, 6.45) is 3.85. The van der Waals surface area contributed by atoms with E-state index in [1.807, 2.05) is 43.6 Å². The molecule has 0 fully saturated rings. The summed E-state index contributed by atoms with van der Waals surface area (Å²) < 4.78 is 5.59. The Morgan fingerprint density at radius 3 is 2.89 bits per heavy atom. The Kier molecular flexibility index (Phi) is 3.53. The van der Waals surface area contributed by atoms with E-state index in [1.54, 1.807) is 6.07 Å². The van der Waals surface area contributed by atoms with E-state index >= 15 is 0 Å². The fraction of sp³-hybridized carbons (Fsp3) is 0.136. The minimum Gasteiger partial charge on any atom is -0.504 e. The lowest BCUT2D eigenvalue weighted by Crippen LogP contribution is -2.11. The van der Waals surface area contributed by atoms with E-state index in [9.17, 15) is 5.11 Å². The Morgan fingerprint density at radius 1 is 1.11 bits per heavy atom. The molecular formula is C22H19N3O2. The summed E-state index contributed by atoms with van der Waals surface area (Å²) in [5, 5.41) is 14.9. The van der Waals surface area contributed by atoms with Gasteiger partial charge in [0.1, 0.15) is 5.65 Å². The van der Waals surface area contributed by atoms with Crippen molar-refractivity contribution in [1.82, 2.24) is 9.97 Å². The maximum absolute atomic E-state index is 10.1. The summed E-state index contributed by atoms with van der Waals surface area (Å²) >= 11 is 0. The molecule has 2 aromatic heterocycles. The number of para-hydroxylation sites is 1. The van der Waals surface area contributed by atoms with Crippen molar-refractivity contribution in [1.29, 1.82) is 0 Å². The number of phenolic OH excluding ortho intramolecular Hbond substituents is 1. The number of anilines is 1. The maximum atomic E-state index is 10.1. The zero-order valence-corrected chi connectivity index (χ0v) is 14.9. The number of aromatic hydroxyl groups is 1. The van der Waals surface area contributed by atoms with Crippen molar-refractivity contribution in [2.45, 2.75) is 13.0 Å². The Hall–Kier alpha value is -3.47. The molecule has 1 aliphatic heterocycles. The summed E-state index contributed by atoms with van der Waals surface area (Å²) in [5.74, 6) is 0.642. The highest BCUT2D eigenvalue weighted by molar-refractivity contribution is 6.01. The largest absolute Gasteiger partial charge is 0.504 e. The Labute approximate surface area is 156 Å². The number of aromatic nitrogens is 2. The Balaban J connectivity index is 1.76. The minimum absolute atomic E-state index is 0.0924. The van der Waals surface area contributed by atoms with Crippen LogP contribution in [-0.2, 0) is 0 Å². The maximum Gasteiger partial charge on any atom is 0.161 e. The van der Waals surface area contributed by atoms with Gasteiger partial charge in [0, 0.05) is 34.6 Å². The van der Waals surface area contributed by atoms with E-state index in [-0.39, 0.29) is 11.8 Å². The summed E-state index contributed by atoms with van der Waals surface area (Å²) in [4.78, 5) is 7.80. The molecule has 0 aliphatic carbocycles. The number of nitrogens with zero attached hydrogens (tertiary/aromatic N) is 1.